The fourth-order valence-corrected chi connectivity index (χ4v) is 4.86. The van der Waals surface area contributed by atoms with Crippen LogP contribution >= 0.6 is 0 Å². The summed E-state index contributed by atoms with van der Waals surface area (Å²) in [6, 6.07) is 7.06. The zero-order valence-electron chi connectivity index (χ0n) is 17.4. The van der Waals surface area contributed by atoms with Crippen LogP contribution in [0.15, 0.2) is 36.4 Å². The smallest absolute Gasteiger partial charge is 0.303 e. The lowest BCUT2D eigenvalue weighted by molar-refractivity contribution is -0.137. The molecule has 1 aliphatic carbocycles. The Morgan fingerprint density at radius 3 is 2.90 bits per heavy atom. The van der Waals surface area contributed by atoms with Gasteiger partial charge in [-0.1, -0.05) is 24.3 Å². The summed E-state index contributed by atoms with van der Waals surface area (Å²) in [6.07, 6.45) is 8.22. The van der Waals surface area contributed by atoms with Crippen LogP contribution in [0.1, 0.15) is 50.5 Å². The molecule has 0 aromatic heterocycles. The van der Waals surface area contributed by atoms with Crippen LogP contribution in [0, 0.1) is 17.8 Å². The highest BCUT2D eigenvalue weighted by molar-refractivity contribution is 5.66. The summed E-state index contributed by atoms with van der Waals surface area (Å²) in [6.45, 7) is 0.635. The number of hydrogen-bond donors (Lipinski definition) is 4. The van der Waals surface area contributed by atoms with Gasteiger partial charge in [0.25, 0.3) is 0 Å². The van der Waals surface area contributed by atoms with Crippen molar-refractivity contribution in [3.05, 3.63) is 42.0 Å². The number of rotatable bonds is 9. The Labute approximate surface area is 178 Å². The molecule has 3 rings (SSSR count). The van der Waals surface area contributed by atoms with Gasteiger partial charge in [-0.15, -0.1) is 0 Å². The van der Waals surface area contributed by atoms with E-state index in [4.69, 9.17) is 9.84 Å². The standard InChI is InChI=1S/C24H34O6/c25-18(9-7-16-3-1-5-19(26)13-16)10-12-20-21-11-8-17(4-2-6-24(28)29)15-30-23(21)14-22(20)27/h1,3,5,10,12-13,17-18,20-23,25-27H,2,4,6-9,11,14-15H2,(H,28,29)/b12-10+/t17-,18?,20+,21+,22+,23-/m0/s1. The molecule has 6 heteroatoms. The molecule has 4 N–H and O–H groups in total. The second-order valence-corrected chi connectivity index (χ2v) is 8.81. The molecule has 6 nitrogen and oxygen atoms in total. The molecule has 1 aliphatic heterocycles. The molecule has 0 radical (unpaired) electrons. The fraction of sp³-hybridized carbons (Fsp3) is 0.625. The molecule has 1 unspecified atom stereocenters. The number of carbonyl (C=O) groups is 1. The second kappa shape index (κ2) is 10.9. The molecule has 0 amide bonds. The Balaban J connectivity index is 1.49. The Kier molecular flexibility index (Phi) is 8.31. The first kappa shape index (κ1) is 22.8. The maximum atomic E-state index is 10.7. The number of carboxylic acids is 1. The van der Waals surface area contributed by atoms with E-state index in [1.165, 1.54) is 0 Å². The lowest BCUT2D eigenvalue weighted by Gasteiger charge is -2.21. The number of carboxylic acid groups (broad SMARTS) is 1. The summed E-state index contributed by atoms with van der Waals surface area (Å²) >= 11 is 0. The van der Waals surface area contributed by atoms with Crippen molar-refractivity contribution in [3.8, 4) is 5.75 Å². The molecule has 1 aromatic rings. The van der Waals surface area contributed by atoms with Gasteiger partial charge in [-0.05, 0) is 68.1 Å². The third-order valence-electron chi connectivity index (χ3n) is 6.54. The highest BCUT2D eigenvalue weighted by atomic mass is 16.5. The van der Waals surface area contributed by atoms with Crippen LogP contribution in [0.3, 0.4) is 0 Å². The van der Waals surface area contributed by atoms with Crippen molar-refractivity contribution < 1.29 is 30.0 Å². The zero-order valence-corrected chi connectivity index (χ0v) is 17.4. The molecule has 1 saturated heterocycles. The zero-order chi connectivity index (χ0) is 21.5. The number of hydrogen-bond acceptors (Lipinski definition) is 5. The summed E-state index contributed by atoms with van der Waals surface area (Å²) in [5.41, 5.74) is 0.981. The number of fused-ring (bicyclic) bond motifs is 1. The van der Waals surface area contributed by atoms with Crippen molar-refractivity contribution in [2.45, 2.75) is 69.7 Å². The van der Waals surface area contributed by atoms with Crippen molar-refractivity contribution in [1.82, 2.24) is 0 Å². The number of phenols is 1. The summed E-state index contributed by atoms with van der Waals surface area (Å²) in [5, 5.41) is 39.2. The minimum absolute atomic E-state index is 0.0248. The first-order valence-corrected chi connectivity index (χ1v) is 11.1. The summed E-state index contributed by atoms with van der Waals surface area (Å²) in [4.78, 5) is 10.7. The van der Waals surface area contributed by atoms with Gasteiger partial charge in [-0.3, -0.25) is 4.79 Å². The topological polar surface area (TPSA) is 107 Å². The van der Waals surface area contributed by atoms with Crippen molar-refractivity contribution in [1.29, 1.82) is 0 Å². The number of phenolic OH excluding ortho intramolecular Hbond substituents is 1. The third-order valence-corrected chi connectivity index (χ3v) is 6.54. The normalized spacial score (nSPS) is 30.1. The SMILES string of the molecule is O=C(O)CCC[C@H]1CC[C@@H]2[C@@H](/C=C/C(O)CCc3cccc(O)c3)[C@H](O)C[C@@H]2OC1. The van der Waals surface area contributed by atoms with E-state index < -0.39 is 18.2 Å². The number of aliphatic hydroxyl groups excluding tert-OH is 2. The van der Waals surface area contributed by atoms with E-state index in [9.17, 15) is 20.1 Å². The van der Waals surface area contributed by atoms with Crippen molar-refractivity contribution in [2.75, 3.05) is 6.61 Å². The van der Waals surface area contributed by atoms with Gasteiger partial charge < -0.3 is 25.2 Å². The van der Waals surface area contributed by atoms with Crippen LogP contribution < -0.4 is 0 Å². The lowest BCUT2D eigenvalue weighted by atomic mass is 9.86. The Morgan fingerprint density at radius 2 is 2.13 bits per heavy atom. The molecule has 6 atom stereocenters. The Hall–Kier alpha value is -1.89. The number of benzene rings is 1. The highest BCUT2D eigenvalue weighted by Crippen LogP contribution is 2.42. The van der Waals surface area contributed by atoms with Crippen molar-refractivity contribution in [3.63, 3.8) is 0 Å². The van der Waals surface area contributed by atoms with Gasteiger partial charge in [0.1, 0.15) is 5.75 Å². The van der Waals surface area contributed by atoms with Gasteiger partial charge in [0.2, 0.25) is 0 Å². The van der Waals surface area contributed by atoms with E-state index in [1.54, 1.807) is 24.3 Å². The maximum Gasteiger partial charge on any atom is 0.303 e. The Morgan fingerprint density at radius 1 is 1.30 bits per heavy atom. The number of aliphatic carboxylic acids is 1. The summed E-state index contributed by atoms with van der Waals surface area (Å²) in [7, 11) is 0. The Bertz CT molecular complexity index is 717. The van der Waals surface area contributed by atoms with Gasteiger partial charge in [0.05, 0.1) is 18.3 Å². The van der Waals surface area contributed by atoms with Crippen LogP contribution in [-0.4, -0.2) is 51.3 Å². The molecule has 2 fully saturated rings. The average molecular weight is 419 g/mol. The molecule has 1 saturated carbocycles. The predicted molar refractivity (Wildman–Crippen MR) is 113 cm³/mol. The fourth-order valence-electron chi connectivity index (χ4n) is 4.86. The maximum absolute atomic E-state index is 10.7. The summed E-state index contributed by atoms with van der Waals surface area (Å²) < 4.78 is 6.09. The van der Waals surface area contributed by atoms with Gasteiger partial charge in [-0.2, -0.15) is 0 Å². The van der Waals surface area contributed by atoms with E-state index in [0.717, 1.165) is 24.8 Å². The molecule has 0 bridgehead atoms. The second-order valence-electron chi connectivity index (χ2n) is 8.81. The largest absolute Gasteiger partial charge is 0.508 e. The lowest BCUT2D eigenvalue weighted by Crippen LogP contribution is -2.21. The molecule has 1 heterocycles. The minimum atomic E-state index is -0.752. The van der Waals surface area contributed by atoms with Crippen molar-refractivity contribution >= 4 is 5.97 Å². The van der Waals surface area contributed by atoms with E-state index >= 15 is 0 Å². The van der Waals surface area contributed by atoms with Crippen LogP contribution in [-0.2, 0) is 16.0 Å². The molecule has 166 valence electrons. The monoisotopic (exact) mass is 418 g/mol. The predicted octanol–water partition coefficient (Wildman–Crippen LogP) is 3.29. The van der Waals surface area contributed by atoms with Crippen LogP contribution in [0.25, 0.3) is 0 Å². The quantitative estimate of drug-likeness (QED) is 0.459. The van der Waals surface area contributed by atoms with E-state index in [0.29, 0.717) is 38.2 Å². The number of aliphatic hydroxyl groups is 2. The van der Waals surface area contributed by atoms with E-state index in [-0.39, 0.29) is 30.1 Å². The minimum Gasteiger partial charge on any atom is -0.508 e. The number of aryl methyl sites for hydroxylation is 1. The molecule has 30 heavy (non-hydrogen) atoms. The van der Waals surface area contributed by atoms with Gasteiger partial charge in [0, 0.05) is 25.4 Å². The van der Waals surface area contributed by atoms with Gasteiger partial charge in [0.15, 0.2) is 0 Å². The third kappa shape index (κ3) is 6.56. The van der Waals surface area contributed by atoms with Crippen molar-refractivity contribution in [2.24, 2.45) is 17.8 Å². The number of aromatic hydroxyl groups is 1. The molecule has 0 spiro atoms. The van der Waals surface area contributed by atoms with Crippen LogP contribution in [0.2, 0.25) is 0 Å². The first-order chi connectivity index (χ1) is 14.4. The molecular weight excluding hydrogens is 384 g/mol. The van der Waals surface area contributed by atoms with E-state index in [1.807, 2.05) is 12.1 Å². The first-order valence-electron chi connectivity index (χ1n) is 11.1. The molecular formula is C24H34O6. The van der Waals surface area contributed by atoms with E-state index in [2.05, 4.69) is 0 Å². The number of ether oxygens (including phenoxy) is 1. The van der Waals surface area contributed by atoms with Gasteiger partial charge >= 0.3 is 5.97 Å². The highest BCUT2D eigenvalue weighted by Gasteiger charge is 2.43. The average Bonchev–Trinajstić information content (AvgIpc) is 2.86. The van der Waals surface area contributed by atoms with Crippen LogP contribution in [0.4, 0.5) is 0 Å². The molecule has 2 aliphatic rings. The van der Waals surface area contributed by atoms with Crippen LogP contribution in [0.5, 0.6) is 5.75 Å². The molecule has 1 aromatic carbocycles. The van der Waals surface area contributed by atoms with Gasteiger partial charge in [-0.25, -0.2) is 0 Å². The summed E-state index contributed by atoms with van der Waals surface area (Å²) in [5.74, 6) is 0.0661.